The van der Waals surface area contributed by atoms with Crippen LogP contribution in [0.2, 0.25) is 5.02 Å². The van der Waals surface area contributed by atoms with Crippen molar-refractivity contribution >= 4 is 17.5 Å². The van der Waals surface area contributed by atoms with Gasteiger partial charge in [-0.3, -0.25) is 9.89 Å². The summed E-state index contributed by atoms with van der Waals surface area (Å²) >= 11 is 5.80. The lowest BCUT2D eigenvalue weighted by Crippen LogP contribution is -2.29. The van der Waals surface area contributed by atoms with E-state index in [0.717, 1.165) is 6.42 Å². The number of benzene rings is 1. The van der Waals surface area contributed by atoms with E-state index in [9.17, 15) is 14.3 Å². The van der Waals surface area contributed by atoms with Gasteiger partial charge < -0.3 is 10.0 Å². The molecule has 2 heterocycles. The van der Waals surface area contributed by atoms with E-state index >= 15 is 0 Å². The van der Waals surface area contributed by atoms with Crippen molar-refractivity contribution < 1.29 is 14.3 Å². The van der Waals surface area contributed by atoms with Crippen LogP contribution in [0.1, 0.15) is 16.8 Å². The van der Waals surface area contributed by atoms with Gasteiger partial charge in [-0.1, -0.05) is 11.6 Å². The molecule has 1 atom stereocenters. The quantitative estimate of drug-likeness (QED) is 0.910. The van der Waals surface area contributed by atoms with E-state index in [0.29, 0.717) is 29.9 Å². The molecular weight excluding hydrogens is 309 g/mol. The fourth-order valence-electron chi connectivity index (χ4n) is 2.66. The number of likely N-dealkylation sites (tertiary alicyclic amines) is 1. The van der Waals surface area contributed by atoms with Gasteiger partial charge in [0, 0.05) is 31.2 Å². The molecule has 0 spiro atoms. The van der Waals surface area contributed by atoms with Crippen molar-refractivity contribution in [3.63, 3.8) is 0 Å². The number of aliphatic hydroxyl groups excluding tert-OH is 1. The first-order valence-corrected chi connectivity index (χ1v) is 7.37. The predicted octanol–water partition coefficient (Wildman–Crippen LogP) is 2.32. The Kier molecular flexibility index (Phi) is 4.13. The van der Waals surface area contributed by atoms with E-state index in [1.54, 1.807) is 11.0 Å². The molecule has 5 nitrogen and oxygen atoms in total. The summed E-state index contributed by atoms with van der Waals surface area (Å²) in [5.74, 6) is -0.539. The first kappa shape index (κ1) is 15.0. The van der Waals surface area contributed by atoms with E-state index in [-0.39, 0.29) is 23.5 Å². The van der Waals surface area contributed by atoms with Gasteiger partial charge in [0.25, 0.3) is 5.91 Å². The highest BCUT2D eigenvalue weighted by Gasteiger charge is 2.28. The number of rotatable bonds is 3. The number of hydrogen-bond acceptors (Lipinski definition) is 3. The van der Waals surface area contributed by atoms with Gasteiger partial charge in [-0.2, -0.15) is 5.10 Å². The molecule has 116 valence electrons. The molecule has 1 aromatic heterocycles. The number of aliphatic hydroxyl groups is 1. The summed E-state index contributed by atoms with van der Waals surface area (Å²) < 4.78 is 13.3. The van der Waals surface area contributed by atoms with E-state index in [4.69, 9.17) is 11.6 Å². The van der Waals surface area contributed by atoms with Crippen LogP contribution >= 0.6 is 11.6 Å². The minimum atomic E-state index is -0.511. The highest BCUT2D eigenvalue weighted by atomic mass is 35.5. The topological polar surface area (TPSA) is 69.2 Å². The molecule has 3 rings (SSSR count). The molecule has 1 aliphatic rings. The van der Waals surface area contributed by atoms with Crippen LogP contribution in [0.5, 0.6) is 0 Å². The Morgan fingerprint density at radius 3 is 3.05 bits per heavy atom. The third kappa shape index (κ3) is 2.71. The third-order valence-corrected chi connectivity index (χ3v) is 4.20. The fraction of sp³-hybridized carbons (Fsp3) is 0.333. The number of nitrogens with one attached hydrogen (secondary N) is 1. The zero-order valence-corrected chi connectivity index (χ0v) is 12.5. The van der Waals surface area contributed by atoms with Gasteiger partial charge in [0.05, 0.1) is 22.5 Å². The standard InChI is InChI=1S/C15H15ClFN3O2/c16-12-5-10(1-2-13(12)17)14-11(6-18-19-14)15(22)20-4-3-9(7-20)8-21/h1-2,5-6,9,21H,3-4,7-8H2,(H,18,19). The molecule has 1 unspecified atom stereocenters. The van der Waals surface area contributed by atoms with Crippen LogP contribution in [0.4, 0.5) is 4.39 Å². The maximum absolute atomic E-state index is 13.3. The van der Waals surface area contributed by atoms with Gasteiger partial charge in [-0.15, -0.1) is 0 Å². The number of hydrogen-bond donors (Lipinski definition) is 2. The SMILES string of the molecule is O=C(c1cn[nH]c1-c1ccc(F)c(Cl)c1)N1CCC(CO)C1. The molecule has 0 bridgehead atoms. The Hall–Kier alpha value is -1.92. The number of halogens is 2. The molecule has 7 heteroatoms. The summed E-state index contributed by atoms with van der Waals surface area (Å²) in [7, 11) is 0. The van der Waals surface area contributed by atoms with E-state index in [2.05, 4.69) is 10.2 Å². The van der Waals surface area contributed by atoms with Crippen molar-refractivity contribution in [1.29, 1.82) is 0 Å². The Labute approximate surface area is 131 Å². The van der Waals surface area contributed by atoms with Crippen molar-refractivity contribution in [2.75, 3.05) is 19.7 Å². The van der Waals surface area contributed by atoms with Crippen LogP contribution in [0, 0.1) is 11.7 Å². The first-order chi connectivity index (χ1) is 10.6. The van der Waals surface area contributed by atoms with Gasteiger partial charge in [-0.25, -0.2) is 4.39 Å². The molecule has 1 aliphatic heterocycles. The Morgan fingerprint density at radius 2 is 2.36 bits per heavy atom. The largest absolute Gasteiger partial charge is 0.396 e. The van der Waals surface area contributed by atoms with Crippen LogP contribution in [0.25, 0.3) is 11.3 Å². The molecular formula is C15H15ClFN3O2. The average molecular weight is 324 g/mol. The Morgan fingerprint density at radius 1 is 1.55 bits per heavy atom. The summed E-state index contributed by atoms with van der Waals surface area (Å²) in [6, 6.07) is 4.26. The number of carbonyl (C=O) groups is 1. The molecule has 1 saturated heterocycles. The minimum Gasteiger partial charge on any atom is -0.396 e. The fourth-order valence-corrected chi connectivity index (χ4v) is 2.84. The molecule has 2 aromatic rings. The number of aromatic amines is 1. The smallest absolute Gasteiger partial charge is 0.257 e. The van der Waals surface area contributed by atoms with Crippen molar-refractivity contribution in [3.8, 4) is 11.3 Å². The summed E-state index contributed by atoms with van der Waals surface area (Å²) in [4.78, 5) is 14.3. The van der Waals surface area contributed by atoms with Gasteiger partial charge in [0.1, 0.15) is 5.82 Å². The zero-order chi connectivity index (χ0) is 15.7. The van der Waals surface area contributed by atoms with Crippen molar-refractivity contribution in [1.82, 2.24) is 15.1 Å². The van der Waals surface area contributed by atoms with Crippen LogP contribution in [0.3, 0.4) is 0 Å². The summed E-state index contributed by atoms with van der Waals surface area (Å²) in [5, 5.41) is 15.9. The number of carbonyl (C=O) groups excluding carboxylic acids is 1. The van der Waals surface area contributed by atoms with Crippen LogP contribution in [-0.2, 0) is 0 Å². The van der Waals surface area contributed by atoms with Gasteiger partial charge in [0.2, 0.25) is 0 Å². The number of amides is 1. The number of H-pyrrole nitrogens is 1. The summed E-state index contributed by atoms with van der Waals surface area (Å²) in [5.41, 5.74) is 1.53. The second-order valence-electron chi connectivity index (χ2n) is 5.38. The lowest BCUT2D eigenvalue weighted by Gasteiger charge is -2.16. The average Bonchev–Trinajstić information content (AvgIpc) is 3.18. The minimum absolute atomic E-state index is 0.00739. The lowest BCUT2D eigenvalue weighted by molar-refractivity contribution is 0.0782. The maximum atomic E-state index is 13.3. The first-order valence-electron chi connectivity index (χ1n) is 6.99. The van der Waals surface area contributed by atoms with E-state index in [1.807, 2.05) is 0 Å². The van der Waals surface area contributed by atoms with Crippen molar-refractivity contribution in [3.05, 3.63) is 40.8 Å². The third-order valence-electron chi connectivity index (χ3n) is 3.91. The van der Waals surface area contributed by atoms with Gasteiger partial charge >= 0.3 is 0 Å². The molecule has 0 aliphatic carbocycles. The molecule has 1 fully saturated rings. The Bertz CT molecular complexity index is 704. The van der Waals surface area contributed by atoms with E-state index < -0.39 is 5.82 Å². The van der Waals surface area contributed by atoms with Crippen LogP contribution in [0.15, 0.2) is 24.4 Å². The second kappa shape index (κ2) is 6.06. The van der Waals surface area contributed by atoms with E-state index in [1.165, 1.54) is 18.3 Å². The highest BCUT2D eigenvalue weighted by Crippen LogP contribution is 2.28. The molecule has 1 aromatic carbocycles. The predicted molar refractivity (Wildman–Crippen MR) is 80.1 cm³/mol. The number of nitrogens with zero attached hydrogens (tertiary/aromatic N) is 2. The zero-order valence-electron chi connectivity index (χ0n) is 11.7. The monoisotopic (exact) mass is 323 g/mol. The van der Waals surface area contributed by atoms with Crippen molar-refractivity contribution in [2.45, 2.75) is 6.42 Å². The Balaban J connectivity index is 1.88. The number of aromatic nitrogens is 2. The molecule has 0 radical (unpaired) electrons. The molecule has 1 amide bonds. The second-order valence-corrected chi connectivity index (χ2v) is 5.78. The summed E-state index contributed by atoms with van der Waals surface area (Å²) in [6.07, 6.45) is 2.25. The van der Waals surface area contributed by atoms with Crippen LogP contribution in [-0.4, -0.2) is 45.8 Å². The lowest BCUT2D eigenvalue weighted by atomic mass is 10.1. The molecule has 0 saturated carbocycles. The normalized spacial score (nSPS) is 18.0. The molecule has 22 heavy (non-hydrogen) atoms. The van der Waals surface area contributed by atoms with Crippen LogP contribution < -0.4 is 0 Å². The summed E-state index contributed by atoms with van der Waals surface area (Å²) in [6.45, 7) is 1.22. The van der Waals surface area contributed by atoms with Gasteiger partial charge in [-0.05, 0) is 24.6 Å². The highest BCUT2D eigenvalue weighted by molar-refractivity contribution is 6.31. The van der Waals surface area contributed by atoms with Gasteiger partial charge in [0.15, 0.2) is 0 Å². The maximum Gasteiger partial charge on any atom is 0.257 e. The molecule has 2 N–H and O–H groups in total. The van der Waals surface area contributed by atoms with Crippen molar-refractivity contribution in [2.24, 2.45) is 5.92 Å².